The summed E-state index contributed by atoms with van der Waals surface area (Å²) < 4.78 is 24.7. The molecule has 3 heterocycles. The molecule has 0 aromatic carbocycles. The maximum absolute atomic E-state index is 11.6. The number of rotatable bonds is 4. The van der Waals surface area contributed by atoms with Gasteiger partial charge in [0.25, 0.3) is 0 Å². The lowest BCUT2D eigenvalue weighted by atomic mass is 9.91. The van der Waals surface area contributed by atoms with E-state index < -0.39 is 10.0 Å². The third-order valence-corrected chi connectivity index (χ3v) is 5.30. The summed E-state index contributed by atoms with van der Waals surface area (Å²) >= 11 is 0. The summed E-state index contributed by atoms with van der Waals surface area (Å²) in [5.41, 5.74) is 1.17. The van der Waals surface area contributed by atoms with Crippen LogP contribution in [-0.4, -0.2) is 47.0 Å². The quantitative estimate of drug-likeness (QED) is 0.917. The van der Waals surface area contributed by atoms with Crippen LogP contribution in [-0.2, 0) is 10.0 Å². The molecule has 122 valence electrons. The molecule has 1 aliphatic rings. The fraction of sp³-hybridized carbons (Fsp3) is 0.400. The average molecular weight is 333 g/mol. The minimum atomic E-state index is -3.09. The number of pyridine rings is 1. The van der Waals surface area contributed by atoms with Crippen molar-refractivity contribution < 1.29 is 8.42 Å². The molecule has 0 saturated carbocycles. The number of piperidine rings is 1. The van der Waals surface area contributed by atoms with Crippen molar-refractivity contribution in [1.29, 1.82) is 0 Å². The van der Waals surface area contributed by atoms with E-state index in [1.54, 1.807) is 29.1 Å². The van der Waals surface area contributed by atoms with Gasteiger partial charge >= 0.3 is 0 Å². The number of nitrogens with one attached hydrogen (secondary N) is 1. The molecule has 1 fully saturated rings. The van der Waals surface area contributed by atoms with Gasteiger partial charge in [-0.2, -0.15) is 0 Å². The second-order valence-electron chi connectivity index (χ2n) is 5.63. The van der Waals surface area contributed by atoms with Gasteiger partial charge in [0.05, 0.1) is 12.5 Å². The second kappa shape index (κ2) is 6.59. The minimum Gasteiger partial charge on any atom is -0.324 e. The summed E-state index contributed by atoms with van der Waals surface area (Å²) in [5, 5.41) is 3.13. The maximum Gasteiger partial charge on any atom is 0.211 e. The molecule has 2 aromatic rings. The van der Waals surface area contributed by atoms with Gasteiger partial charge in [0.1, 0.15) is 11.6 Å². The first kappa shape index (κ1) is 15.8. The van der Waals surface area contributed by atoms with Crippen LogP contribution in [0, 0.1) is 0 Å². The normalized spacial score (nSPS) is 17.1. The van der Waals surface area contributed by atoms with Gasteiger partial charge in [-0.3, -0.25) is 4.98 Å². The van der Waals surface area contributed by atoms with Crippen LogP contribution in [0.15, 0.2) is 36.9 Å². The summed E-state index contributed by atoms with van der Waals surface area (Å²) in [4.78, 5) is 12.5. The highest BCUT2D eigenvalue weighted by Crippen LogP contribution is 2.30. The Morgan fingerprint density at radius 1 is 1.13 bits per heavy atom. The topological polar surface area (TPSA) is 88.1 Å². The Morgan fingerprint density at radius 3 is 2.52 bits per heavy atom. The van der Waals surface area contributed by atoms with E-state index >= 15 is 0 Å². The Labute approximate surface area is 135 Å². The number of hydrogen-bond donors (Lipinski definition) is 1. The predicted molar refractivity (Wildman–Crippen MR) is 87.9 cm³/mol. The van der Waals surface area contributed by atoms with Gasteiger partial charge in [-0.25, -0.2) is 22.7 Å². The van der Waals surface area contributed by atoms with Crippen molar-refractivity contribution in [2.75, 3.05) is 24.7 Å². The summed E-state index contributed by atoms with van der Waals surface area (Å²) in [7, 11) is -3.09. The zero-order chi connectivity index (χ0) is 16.3. The van der Waals surface area contributed by atoms with Crippen LogP contribution in [0.25, 0.3) is 0 Å². The lowest BCUT2D eigenvalue weighted by molar-refractivity contribution is 0.321. The van der Waals surface area contributed by atoms with Crippen molar-refractivity contribution in [1.82, 2.24) is 19.3 Å². The first-order chi connectivity index (χ1) is 11.0. The molecule has 0 amide bonds. The third-order valence-electron chi connectivity index (χ3n) is 4.00. The molecule has 0 bridgehead atoms. The highest BCUT2D eigenvalue weighted by molar-refractivity contribution is 7.88. The van der Waals surface area contributed by atoms with Gasteiger partial charge in [0, 0.05) is 31.7 Å². The molecular formula is C15H19N5O2S. The lowest BCUT2D eigenvalue weighted by Gasteiger charge is -2.30. The van der Waals surface area contributed by atoms with Crippen molar-refractivity contribution >= 4 is 21.7 Å². The van der Waals surface area contributed by atoms with Crippen LogP contribution in [0.2, 0.25) is 0 Å². The van der Waals surface area contributed by atoms with E-state index in [2.05, 4.69) is 20.3 Å². The first-order valence-electron chi connectivity index (χ1n) is 7.46. The number of nitrogens with zero attached hydrogens (tertiary/aromatic N) is 4. The fourth-order valence-electron chi connectivity index (χ4n) is 2.78. The summed E-state index contributed by atoms with van der Waals surface area (Å²) in [6, 6.07) is 3.98. The zero-order valence-corrected chi connectivity index (χ0v) is 13.7. The molecule has 0 aliphatic carbocycles. The van der Waals surface area contributed by atoms with E-state index in [1.807, 2.05) is 12.1 Å². The van der Waals surface area contributed by atoms with Gasteiger partial charge in [-0.1, -0.05) is 0 Å². The van der Waals surface area contributed by atoms with Crippen LogP contribution in [0.4, 0.5) is 11.6 Å². The number of anilines is 2. The molecule has 2 aromatic heterocycles. The Balaban J connectivity index is 1.69. The van der Waals surface area contributed by atoms with Gasteiger partial charge in [0.2, 0.25) is 10.0 Å². The fourth-order valence-corrected chi connectivity index (χ4v) is 3.66. The Hall–Kier alpha value is -2.06. The molecule has 1 aliphatic heterocycles. The molecule has 0 atom stereocenters. The predicted octanol–water partition coefficient (Wildman–Crippen LogP) is 1.75. The van der Waals surface area contributed by atoms with E-state index in [1.165, 1.54) is 11.8 Å². The smallest absolute Gasteiger partial charge is 0.211 e. The molecule has 0 spiro atoms. The van der Waals surface area contributed by atoms with Crippen LogP contribution >= 0.6 is 0 Å². The Kier molecular flexibility index (Phi) is 4.53. The van der Waals surface area contributed by atoms with Crippen LogP contribution in [0.1, 0.15) is 24.3 Å². The average Bonchev–Trinajstić information content (AvgIpc) is 2.55. The molecular weight excluding hydrogens is 314 g/mol. The Bertz CT molecular complexity index is 758. The van der Waals surface area contributed by atoms with Crippen molar-refractivity contribution in [3.63, 3.8) is 0 Å². The van der Waals surface area contributed by atoms with E-state index in [9.17, 15) is 8.42 Å². The van der Waals surface area contributed by atoms with E-state index in [0.717, 1.165) is 12.8 Å². The highest BCUT2D eigenvalue weighted by Gasteiger charge is 2.25. The monoisotopic (exact) mass is 333 g/mol. The summed E-state index contributed by atoms with van der Waals surface area (Å²) in [6.07, 6.45) is 9.54. The standard InChI is InChI=1S/C15H19N5O2S/c1-23(21,22)20-8-3-12(4-9-20)13-2-5-17-14(10-13)19-15-11-16-6-7-18-15/h2,5-7,10-12H,3-4,8-9H2,1H3,(H,17,18,19). The van der Waals surface area contributed by atoms with Gasteiger partial charge in [-0.15, -0.1) is 0 Å². The first-order valence-corrected chi connectivity index (χ1v) is 9.31. The Morgan fingerprint density at radius 2 is 1.87 bits per heavy atom. The van der Waals surface area contributed by atoms with Crippen LogP contribution in [0.5, 0.6) is 0 Å². The summed E-state index contributed by atoms with van der Waals surface area (Å²) in [5.74, 6) is 1.70. The number of hydrogen-bond acceptors (Lipinski definition) is 6. The zero-order valence-electron chi connectivity index (χ0n) is 12.9. The minimum absolute atomic E-state index is 0.346. The molecule has 1 saturated heterocycles. The highest BCUT2D eigenvalue weighted by atomic mass is 32.2. The van der Waals surface area contributed by atoms with E-state index in [-0.39, 0.29) is 0 Å². The van der Waals surface area contributed by atoms with Crippen molar-refractivity contribution in [2.45, 2.75) is 18.8 Å². The SMILES string of the molecule is CS(=O)(=O)N1CCC(c2ccnc(Nc3cnccn3)c2)CC1. The second-order valence-corrected chi connectivity index (χ2v) is 7.61. The maximum atomic E-state index is 11.6. The van der Waals surface area contributed by atoms with Crippen molar-refractivity contribution in [3.8, 4) is 0 Å². The van der Waals surface area contributed by atoms with Crippen molar-refractivity contribution in [3.05, 3.63) is 42.5 Å². The molecule has 23 heavy (non-hydrogen) atoms. The number of sulfonamides is 1. The van der Waals surface area contributed by atoms with Gasteiger partial charge < -0.3 is 5.32 Å². The van der Waals surface area contributed by atoms with Gasteiger partial charge in [0.15, 0.2) is 0 Å². The van der Waals surface area contributed by atoms with Crippen LogP contribution < -0.4 is 5.32 Å². The molecule has 1 N–H and O–H groups in total. The lowest BCUT2D eigenvalue weighted by Crippen LogP contribution is -2.37. The summed E-state index contributed by atoms with van der Waals surface area (Å²) in [6.45, 7) is 1.14. The molecule has 8 heteroatoms. The largest absolute Gasteiger partial charge is 0.324 e. The molecule has 0 radical (unpaired) electrons. The molecule has 0 unspecified atom stereocenters. The van der Waals surface area contributed by atoms with E-state index in [4.69, 9.17) is 0 Å². The van der Waals surface area contributed by atoms with Crippen LogP contribution in [0.3, 0.4) is 0 Å². The third kappa shape index (κ3) is 4.02. The van der Waals surface area contributed by atoms with Crippen molar-refractivity contribution in [2.24, 2.45) is 0 Å². The molecule has 3 rings (SSSR count). The van der Waals surface area contributed by atoms with E-state index in [0.29, 0.717) is 30.6 Å². The molecule has 7 nitrogen and oxygen atoms in total. The van der Waals surface area contributed by atoms with Gasteiger partial charge in [-0.05, 0) is 36.5 Å². The number of aromatic nitrogens is 3.